The lowest BCUT2D eigenvalue weighted by atomic mass is 10.1. The van der Waals surface area contributed by atoms with E-state index in [1.54, 1.807) is 26.0 Å². The maximum atomic E-state index is 13.1. The lowest BCUT2D eigenvalue weighted by molar-refractivity contribution is 0.151. The fraction of sp³-hybridized carbons (Fsp3) is 0.385. The average Bonchev–Trinajstić information content (AvgIpc) is 3.36. The van der Waals surface area contributed by atoms with Gasteiger partial charge in [-0.25, -0.2) is 4.68 Å². The van der Waals surface area contributed by atoms with Crippen LogP contribution >= 0.6 is 0 Å². The molecule has 4 rings (SSSR count). The highest BCUT2D eigenvalue weighted by atomic mass is 16.5. The predicted molar refractivity (Wildman–Crippen MR) is 136 cm³/mol. The van der Waals surface area contributed by atoms with Crippen LogP contribution in [0.2, 0.25) is 0 Å². The molecule has 0 fully saturated rings. The number of aromatic amines is 1. The van der Waals surface area contributed by atoms with Gasteiger partial charge < -0.3 is 19.2 Å². The van der Waals surface area contributed by atoms with Gasteiger partial charge in [-0.05, 0) is 58.1 Å². The lowest BCUT2D eigenvalue weighted by Crippen LogP contribution is -2.32. The van der Waals surface area contributed by atoms with Crippen molar-refractivity contribution in [2.24, 2.45) is 0 Å². The van der Waals surface area contributed by atoms with Crippen molar-refractivity contribution in [3.05, 3.63) is 75.8 Å². The molecule has 0 saturated carbocycles. The Balaban J connectivity index is 1.71. The first kappa shape index (κ1) is 25.3. The molecule has 0 bridgehead atoms. The number of aromatic nitrogens is 5. The van der Waals surface area contributed by atoms with Gasteiger partial charge in [0.25, 0.3) is 5.56 Å². The Labute approximate surface area is 209 Å². The van der Waals surface area contributed by atoms with E-state index in [0.717, 1.165) is 34.5 Å². The summed E-state index contributed by atoms with van der Waals surface area (Å²) in [4.78, 5) is 18.3. The number of hydrogen-bond donors (Lipinski definition) is 1. The Morgan fingerprint density at radius 3 is 2.44 bits per heavy atom. The number of rotatable bonds is 12. The van der Waals surface area contributed by atoms with Crippen LogP contribution in [0.1, 0.15) is 36.3 Å². The van der Waals surface area contributed by atoms with Gasteiger partial charge in [0, 0.05) is 31.8 Å². The topological polar surface area (TPSA) is 107 Å². The van der Waals surface area contributed by atoms with Gasteiger partial charge in [0.15, 0.2) is 5.82 Å². The Morgan fingerprint density at radius 1 is 1.00 bits per heavy atom. The smallest absolute Gasteiger partial charge is 0.252 e. The quantitative estimate of drug-likeness (QED) is 0.321. The van der Waals surface area contributed by atoms with Crippen LogP contribution in [0.3, 0.4) is 0 Å². The number of hydrogen-bond acceptors (Lipinski definition) is 8. The van der Waals surface area contributed by atoms with Gasteiger partial charge in [-0.1, -0.05) is 19.1 Å². The Morgan fingerprint density at radius 2 is 1.75 bits per heavy atom. The molecule has 0 aliphatic heterocycles. The summed E-state index contributed by atoms with van der Waals surface area (Å²) in [6.45, 7) is 4.15. The summed E-state index contributed by atoms with van der Waals surface area (Å²) in [7, 11) is 4.91. The van der Waals surface area contributed by atoms with Crippen LogP contribution in [0, 0.1) is 0 Å². The lowest BCUT2D eigenvalue weighted by Gasteiger charge is -2.30. The third-order valence-electron chi connectivity index (χ3n) is 6.24. The summed E-state index contributed by atoms with van der Waals surface area (Å²) in [6, 6.07) is 15.4. The minimum atomic E-state index is -0.135. The largest absolute Gasteiger partial charge is 0.497 e. The summed E-state index contributed by atoms with van der Waals surface area (Å²) in [5, 5.41) is 13.4. The first-order chi connectivity index (χ1) is 17.6. The van der Waals surface area contributed by atoms with Crippen LogP contribution in [0.15, 0.2) is 53.3 Å². The number of ether oxygens (including phenoxy) is 3. The van der Waals surface area contributed by atoms with Crippen LogP contribution in [-0.2, 0) is 24.4 Å². The summed E-state index contributed by atoms with van der Waals surface area (Å²) >= 11 is 0. The van der Waals surface area contributed by atoms with Crippen molar-refractivity contribution in [1.29, 1.82) is 0 Å². The van der Waals surface area contributed by atoms with Gasteiger partial charge in [-0.2, -0.15) is 0 Å². The molecule has 0 unspecified atom stereocenters. The van der Waals surface area contributed by atoms with Crippen molar-refractivity contribution in [2.75, 3.05) is 27.9 Å². The number of nitrogens with zero attached hydrogens (tertiary/aromatic N) is 5. The van der Waals surface area contributed by atoms with Crippen molar-refractivity contribution in [3.63, 3.8) is 0 Å². The number of tetrazole rings is 1. The highest BCUT2D eigenvalue weighted by molar-refractivity contribution is 5.80. The number of H-pyrrole nitrogens is 1. The standard InChI is InChI=1S/C26H32N6O4/c1-5-24(25-28-29-30-32(25)12-13-34-2)31(16-18-6-9-21(35-3)10-7-18)17-20-14-19-8-11-22(36-4)15-23(19)27-26(20)33/h6-11,14-15,24H,5,12-13,16-17H2,1-4H3,(H,27,33)/t24-/m0/s1. The van der Waals surface area contributed by atoms with Gasteiger partial charge in [-0.15, -0.1) is 5.10 Å². The van der Waals surface area contributed by atoms with E-state index in [1.807, 2.05) is 48.5 Å². The van der Waals surface area contributed by atoms with Crippen LogP contribution in [0.4, 0.5) is 0 Å². The van der Waals surface area contributed by atoms with Gasteiger partial charge in [0.2, 0.25) is 0 Å². The number of nitrogens with one attached hydrogen (secondary N) is 1. The maximum Gasteiger partial charge on any atom is 0.252 e. The molecule has 10 nitrogen and oxygen atoms in total. The molecule has 0 aliphatic rings. The van der Waals surface area contributed by atoms with Gasteiger partial charge in [-0.3, -0.25) is 9.69 Å². The molecule has 0 radical (unpaired) electrons. The highest BCUT2D eigenvalue weighted by Crippen LogP contribution is 2.27. The highest BCUT2D eigenvalue weighted by Gasteiger charge is 2.26. The third kappa shape index (κ3) is 5.72. The number of benzene rings is 2. The average molecular weight is 493 g/mol. The zero-order valence-corrected chi connectivity index (χ0v) is 21.1. The molecule has 0 saturated heterocycles. The van der Waals surface area contributed by atoms with E-state index in [0.29, 0.717) is 37.6 Å². The molecule has 0 amide bonds. The summed E-state index contributed by atoms with van der Waals surface area (Å²) in [5.41, 5.74) is 2.35. The first-order valence-corrected chi connectivity index (χ1v) is 11.9. The van der Waals surface area contributed by atoms with E-state index < -0.39 is 0 Å². The second-order valence-electron chi connectivity index (χ2n) is 8.51. The number of methoxy groups -OCH3 is 3. The van der Waals surface area contributed by atoms with Crippen molar-refractivity contribution >= 4 is 10.9 Å². The van der Waals surface area contributed by atoms with Crippen LogP contribution in [-0.4, -0.2) is 58.0 Å². The fourth-order valence-corrected chi connectivity index (χ4v) is 4.32. The molecule has 10 heteroatoms. The second-order valence-corrected chi connectivity index (χ2v) is 8.51. The zero-order valence-electron chi connectivity index (χ0n) is 21.1. The van der Waals surface area contributed by atoms with Crippen molar-refractivity contribution in [3.8, 4) is 11.5 Å². The first-order valence-electron chi connectivity index (χ1n) is 11.9. The maximum absolute atomic E-state index is 13.1. The van der Waals surface area contributed by atoms with E-state index in [9.17, 15) is 4.79 Å². The molecule has 0 aliphatic carbocycles. The third-order valence-corrected chi connectivity index (χ3v) is 6.24. The summed E-state index contributed by atoms with van der Waals surface area (Å²) in [6.07, 6.45) is 0.756. The van der Waals surface area contributed by atoms with Gasteiger partial charge in [0.05, 0.1) is 38.9 Å². The molecular weight excluding hydrogens is 460 g/mol. The fourth-order valence-electron chi connectivity index (χ4n) is 4.32. The molecular formula is C26H32N6O4. The Hall–Kier alpha value is -3.76. The van der Waals surface area contributed by atoms with Gasteiger partial charge >= 0.3 is 0 Å². The van der Waals surface area contributed by atoms with E-state index in [1.165, 1.54) is 0 Å². The van der Waals surface area contributed by atoms with E-state index in [-0.39, 0.29) is 11.6 Å². The SMILES string of the molecule is CC[C@@H](c1nnnn1CCOC)N(Cc1ccc(OC)cc1)Cc1cc2ccc(OC)cc2[nH]c1=O. The van der Waals surface area contributed by atoms with Crippen molar-refractivity contribution < 1.29 is 14.2 Å². The molecule has 4 aromatic rings. The normalized spacial score (nSPS) is 12.2. The minimum absolute atomic E-state index is 0.120. The Bertz CT molecular complexity index is 1330. The van der Waals surface area contributed by atoms with E-state index in [2.05, 4.69) is 32.3 Å². The zero-order chi connectivity index (χ0) is 25.5. The monoisotopic (exact) mass is 492 g/mol. The molecule has 36 heavy (non-hydrogen) atoms. The molecule has 1 atom stereocenters. The molecule has 1 N–H and O–H groups in total. The molecule has 2 aromatic heterocycles. The van der Waals surface area contributed by atoms with Crippen molar-refractivity contribution in [1.82, 2.24) is 30.1 Å². The van der Waals surface area contributed by atoms with Crippen LogP contribution in [0.25, 0.3) is 10.9 Å². The van der Waals surface area contributed by atoms with Gasteiger partial charge in [0.1, 0.15) is 11.5 Å². The van der Waals surface area contributed by atoms with Crippen LogP contribution in [0.5, 0.6) is 11.5 Å². The Kier molecular flexibility index (Phi) is 8.29. The second kappa shape index (κ2) is 11.8. The van der Waals surface area contributed by atoms with Crippen LogP contribution < -0.4 is 15.0 Å². The molecule has 190 valence electrons. The van der Waals surface area contributed by atoms with Crippen molar-refractivity contribution in [2.45, 2.75) is 39.0 Å². The minimum Gasteiger partial charge on any atom is -0.497 e. The molecule has 0 spiro atoms. The molecule has 2 aromatic carbocycles. The molecule has 2 heterocycles. The summed E-state index contributed by atoms with van der Waals surface area (Å²) in [5.74, 6) is 2.23. The van der Waals surface area contributed by atoms with E-state index >= 15 is 0 Å². The number of pyridine rings is 1. The predicted octanol–water partition coefficient (Wildman–Crippen LogP) is 3.33. The van der Waals surface area contributed by atoms with E-state index in [4.69, 9.17) is 14.2 Å². The number of fused-ring (bicyclic) bond motifs is 1. The summed E-state index contributed by atoms with van der Waals surface area (Å²) < 4.78 is 17.6.